The SMILES string of the molecule is COc1c(C)cc(C(N)CC(N)=O)c(C)c1C. The Balaban J connectivity index is 3.22. The van der Waals surface area contributed by atoms with Gasteiger partial charge >= 0.3 is 0 Å². The summed E-state index contributed by atoms with van der Waals surface area (Å²) in [6, 6.07) is 1.62. The van der Waals surface area contributed by atoms with E-state index in [1.165, 1.54) is 0 Å². The van der Waals surface area contributed by atoms with Gasteiger partial charge in [-0.1, -0.05) is 6.07 Å². The highest BCUT2D eigenvalue weighted by molar-refractivity contribution is 5.74. The molecule has 94 valence electrons. The molecule has 0 aromatic heterocycles. The number of amides is 1. The Bertz CT molecular complexity index is 442. The van der Waals surface area contributed by atoms with E-state index in [-0.39, 0.29) is 18.4 Å². The van der Waals surface area contributed by atoms with E-state index in [4.69, 9.17) is 16.2 Å². The molecule has 0 aliphatic rings. The summed E-state index contributed by atoms with van der Waals surface area (Å²) in [6.45, 7) is 5.93. The van der Waals surface area contributed by atoms with Crippen LogP contribution < -0.4 is 16.2 Å². The van der Waals surface area contributed by atoms with Crippen LogP contribution in [0.3, 0.4) is 0 Å². The smallest absolute Gasteiger partial charge is 0.219 e. The molecule has 0 aliphatic carbocycles. The van der Waals surface area contributed by atoms with Gasteiger partial charge in [0, 0.05) is 12.5 Å². The van der Waals surface area contributed by atoms with Crippen molar-refractivity contribution in [2.75, 3.05) is 7.11 Å². The third kappa shape index (κ3) is 2.77. The van der Waals surface area contributed by atoms with Crippen LogP contribution in [0.2, 0.25) is 0 Å². The first kappa shape index (κ1) is 13.5. The van der Waals surface area contributed by atoms with Crippen molar-refractivity contribution in [3.8, 4) is 5.75 Å². The molecule has 0 bridgehead atoms. The summed E-state index contributed by atoms with van der Waals surface area (Å²) in [4.78, 5) is 10.9. The van der Waals surface area contributed by atoms with Crippen LogP contribution in [-0.2, 0) is 4.79 Å². The van der Waals surface area contributed by atoms with Gasteiger partial charge in [0.15, 0.2) is 0 Å². The lowest BCUT2D eigenvalue weighted by Crippen LogP contribution is -2.21. The highest BCUT2D eigenvalue weighted by atomic mass is 16.5. The largest absolute Gasteiger partial charge is 0.496 e. The summed E-state index contributed by atoms with van der Waals surface area (Å²) in [5, 5.41) is 0. The van der Waals surface area contributed by atoms with Gasteiger partial charge in [-0.2, -0.15) is 0 Å². The second-order valence-electron chi connectivity index (χ2n) is 4.34. The maximum atomic E-state index is 10.9. The fourth-order valence-electron chi connectivity index (χ4n) is 2.12. The summed E-state index contributed by atoms with van der Waals surface area (Å²) in [6.07, 6.45) is 0.159. The molecule has 4 nitrogen and oxygen atoms in total. The molecule has 4 heteroatoms. The normalized spacial score (nSPS) is 12.3. The number of methoxy groups -OCH3 is 1. The summed E-state index contributed by atoms with van der Waals surface area (Å²) in [5.74, 6) is 0.487. The van der Waals surface area contributed by atoms with E-state index in [0.717, 1.165) is 28.0 Å². The number of ether oxygens (including phenoxy) is 1. The molecule has 1 atom stereocenters. The van der Waals surface area contributed by atoms with Gasteiger partial charge in [0.25, 0.3) is 0 Å². The van der Waals surface area contributed by atoms with Crippen molar-refractivity contribution in [2.45, 2.75) is 33.2 Å². The van der Waals surface area contributed by atoms with E-state index in [9.17, 15) is 4.79 Å². The summed E-state index contributed by atoms with van der Waals surface area (Å²) in [7, 11) is 1.65. The molecule has 0 saturated carbocycles. The molecule has 1 aromatic carbocycles. The second-order valence-corrected chi connectivity index (χ2v) is 4.34. The monoisotopic (exact) mass is 236 g/mol. The van der Waals surface area contributed by atoms with E-state index in [2.05, 4.69) is 0 Å². The number of hydrogen-bond acceptors (Lipinski definition) is 3. The van der Waals surface area contributed by atoms with Gasteiger partial charge in [0.05, 0.1) is 7.11 Å². The number of benzene rings is 1. The molecule has 0 fully saturated rings. The molecular weight excluding hydrogens is 216 g/mol. The number of nitrogens with two attached hydrogens (primary N) is 2. The lowest BCUT2D eigenvalue weighted by Gasteiger charge is -2.19. The molecule has 0 spiro atoms. The average Bonchev–Trinajstić information content (AvgIpc) is 2.23. The molecule has 4 N–H and O–H groups in total. The minimum atomic E-state index is -0.386. The first-order valence-electron chi connectivity index (χ1n) is 5.57. The van der Waals surface area contributed by atoms with Crippen LogP contribution >= 0.6 is 0 Å². The van der Waals surface area contributed by atoms with Crippen LogP contribution in [0.1, 0.15) is 34.7 Å². The molecule has 0 saturated heterocycles. The Labute approximate surface area is 102 Å². The molecule has 0 heterocycles. The van der Waals surface area contributed by atoms with E-state index in [0.29, 0.717) is 0 Å². The van der Waals surface area contributed by atoms with E-state index in [1.54, 1.807) is 7.11 Å². The molecule has 17 heavy (non-hydrogen) atoms. The Hall–Kier alpha value is -1.55. The molecular formula is C13H20N2O2. The quantitative estimate of drug-likeness (QED) is 0.831. The maximum absolute atomic E-state index is 10.9. The van der Waals surface area contributed by atoms with Crippen LogP contribution in [0.4, 0.5) is 0 Å². The maximum Gasteiger partial charge on any atom is 0.219 e. The highest BCUT2D eigenvalue weighted by Gasteiger charge is 2.16. The van der Waals surface area contributed by atoms with Gasteiger partial charge in [-0.25, -0.2) is 0 Å². The number of aryl methyl sites for hydroxylation is 1. The lowest BCUT2D eigenvalue weighted by atomic mass is 9.93. The van der Waals surface area contributed by atoms with Gasteiger partial charge in [-0.15, -0.1) is 0 Å². The number of hydrogen-bond donors (Lipinski definition) is 2. The zero-order chi connectivity index (χ0) is 13.2. The zero-order valence-corrected chi connectivity index (χ0v) is 10.8. The molecule has 0 radical (unpaired) electrons. The van der Waals surface area contributed by atoms with Gasteiger partial charge in [0.2, 0.25) is 5.91 Å². The third-order valence-electron chi connectivity index (χ3n) is 3.09. The molecule has 1 amide bonds. The Kier molecular flexibility index (Phi) is 4.12. The van der Waals surface area contributed by atoms with E-state index >= 15 is 0 Å². The lowest BCUT2D eigenvalue weighted by molar-refractivity contribution is -0.118. The van der Waals surface area contributed by atoms with Gasteiger partial charge in [0.1, 0.15) is 5.75 Å². The van der Waals surface area contributed by atoms with Crippen molar-refractivity contribution < 1.29 is 9.53 Å². The highest BCUT2D eigenvalue weighted by Crippen LogP contribution is 2.31. The van der Waals surface area contributed by atoms with Gasteiger partial charge in [-0.05, 0) is 43.0 Å². The van der Waals surface area contributed by atoms with Crippen molar-refractivity contribution >= 4 is 5.91 Å². The summed E-state index contributed by atoms with van der Waals surface area (Å²) in [5.41, 5.74) is 15.2. The van der Waals surface area contributed by atoms with Gasteiger partial charge in [-0.3, -0.25) is 4.79 Å². The minimum absolute atomic E-state index is 0.159. The van der Waals surface area contributed by atoms with E-state index < -0.39 is 0 Å². The number of primary amides is 1. The minimum Gasteiger partial charge on any atom is -0.496 e. The third-order valence-corrected chi connectivity index (χ3v) is 3.09. The number of carbonyl (C=O) groups excluding carboxylic acids is 1. The predicted octanol–water partition coefficient (Wildman–Crippen LogP) is 1.50. The second kappa shape index (κ2) is 5.19. The predicted molar refractivity (Wildman–Crippen MR) is 67.9 cm³/mol. The number of carbonyl (C=O) groups is 1. The first-order chi connectivity index (χ1) is 7.88. The van der Waals surface area contributed by atoms with Crippen molar-refractivity contribution in [3.05, 3.63) is 28.3 Å². The van der Waals surface area contributed by atoms with Crippen LogP contribution in [-0.4, -0.2) is 13.0 Å². The van der Waals surface area contributed by atoms with Crippen molar-refractivity contribution in [1.82, 2.24) is 0 Å². The molecule has 0 aliphatic heterocycles. The zero-order valence-electron chi connectivity index (χ0n) is 10.8. The van der Waals surface area contributed by atoms with Crippen LogP contribution in [0, 0.1) is 20.8 Å². The van der Waals surface area contributed by atoms with Gasteiger partial charge < -0.3 is 16.2 Å². The average molecular weight is 236 g/mol. The van der Waals surface area contributed by atoms with Crippen LogP contribution in [0.25, 0.3) is 0 Å². The van der Waals surface area contributed by atoms with Crippen molar-refractivity contribution in [3.63, 3.8) is 0 Å². The Morgan fingerprint density at radius 2 is 1.94 bits per heavy atom. The van der Waals surface area contributed by atoms with Crippen LogP contribution in [0.5, 0.6) is 5.75 Å². The van der Waals surface area contributed by atoms with Crippen LogP contribution in [0.15, 0.2) is 6.07 Å². The van der Waals surface area contributed by atoms with Crippen molar-refractivity contribution in [2.24, 2.45) is 11.5 Å². The molecule has 1 aromatic rings. The van der Waals surface area contributed by atoms with E-state index in [1.807, 2.05) is 26.8 Å². The van der Waals surface area contributed by atoms with Crippen molar-refractivity contribution in [1.29, 1.82) is 0 Å². The topological polar surface area (TPSA) is 78.3 Å². The molecule has 1 rings (SSSR count). The fourth-order valence-corrected chi connectivity index (χ4v) is 2.12. The fraction of sp³-hybridized carbons (Fsp3) is 0.462. The molecule has 1 unspecified atom stereocenters. The summed E-state index contributed by atoms with van der Waals surface area (Å²) < 4.78 is 5.34. The Morgan fingerprint density at radius 3 is 2.41 bits per heavy atom. The number of rotatable bonds is 4. The first-order valence-corrected chi connectivity index (χ1v) is 5.57. The summed E-state index contributed by atoms with van der Waals surface area (Å²) >= 11 is 0. The Morgan fingerprint density at radius 1 is 1.35 bits per heavy atom. The standard InChI is InChI=1S/C13H20N2O2/c1-7-5-10(11(14)6-12(15)16)8(2)9(3)13(7)17-4/h5,11H,6,14H2,1-4H3,(H2,15,16).